The van der Waals surface area contributed by atoms with Crippen LogP contribution in [0.25, 0.3) is 0 Å². The highest BCUT2D eigenvalue weighted by molar-refractivity contribution is 5.50. The van der Waals surface area contributed by atoms with Gasteiger partial charge in [-0.15, -0.1) is 0 Å². The highest BCUT2D eigenvalue weighted by Gasteiger charge is 2.30. The summed E-state index contributed by atoms with van der Waals surface area (Å²) in [6.07, 6.45) is 1.19. The molecule has 2 unspecified atom stereocenters. The van der Waals surface area contributed by atoms with Gasteiger partial charge in [-0.2, -0.15) is 0 Å². The number of benzene rings is 1. The Balaban J connectivity index is 1.69. The molecule has 2 saturated heterocycles. The second kappa shape index (κ2) is 7.20. The van der Waals surface area contributed by atoms with Gasteiger partial charge in [0.2, 0.25) is 0 Å². The third-order valence-electron chi connectivity index (χ3n) is 5.63. The average molecular weight is 316 g/mol. The molecule has 1 aromatic carbocycles. The van der Waals surface area contributed by atoms with E-state index in [0.717, 1.165) is 26.2 Å². The van der Waals surface area contributed by atoms with E-state index >= 15 is 0 Å². The number of anilines is 1. The van der Waals surface area contributed by atoms with Crippen molar-refractivity contribution in [3.8, 4) is 0 Å². The second-order valence-electron chi connectivity index (χ2n) is 7.50. The first-order valence-electron chi connectivity index (χ1n) is 9.07. The first kappa shape index (κ1) is 16.7. The summed E-state index contributed by atoms with van der Waals surface area (Å²) in [5.41, 5.74) is 8.72. The highest BCUT2D eigenvalue weighted by Crippen LogP contribution is 2.35. The lowest BCUT2D eigenvalue weighted by Gasteiger charge is -2.38. The summed E-state index contributed by atoms with van der Waals surface area (Å²) in [7, 11) is 2.23. The highest BCUT2D eigenvalue weighted by atomic mass is 15.3. The Morgan fingerprint density at radius 1 is 1.17 bits per heavy atom. The van der Waals surface area contributed by atoms with Crippen LogP contribution >= 0.6 is 0 Å². The molecule has 2 aliphatic rings. The van der Waals surface area contributed by atoms with Gasteiger partial charge in [-0.3, -0.25) is 9.80 Å². The Bertz CT molecular complexity index is 508. The minimum Gasteiger partial charge on any atom is -0.369 e. The van der Waals surface area contributed by atoms with Gasteiger partial charge in [-0.05, 0) is 57.5 Å². The summed E-state index contributed by atoms with van der Waals surface area (Å²) >= 11 is 0. The molecular weight excluding hydrogens is 284 g/mol. The van der Waals surface area contributed by atoms with E-state index in [1.165, 1.54) is 30.8 Å². The fraction of sp³-hybridized carbons (Fsp3) is 0.684. The molecule has 0 radical (unpaired) electrons. The molecule has 0 amide bonds. The van der Waals surface area contributed by atoms with Crippen molar-refractivity contribution in [1.29, 1.82) is 0 Å². The molecule has 2 fully saturated rings. The zero-order valence-electron chi connectivity index (χ0n) is 14.9. The van der Waals surface area contributed by atoms with Gasteiger partial charge in [0.15, 0.2) is 0 Å². The molecule has 2 heterocycles. The van der Waals surface area contributed by atoms with Crippen LogP contribution in [0.4, 0.5) is 5.69 Å². The molecule has 3 rings (SSSR count). The molecule has 0 aromatic heterocycles. The van der Waals surface area contributed by atoms with Crippen molar-refractivity contribution in [1.82, 2.24) is 9.80 Å². The van der Waals surface area contributed by atoms with Crippen LogP contribution in [0.3, 0.4) is 0 Å². The number of hydrogen-bond acceptors (Lipinski definition) is 4. The van der Waals surface area contributed by atoms with E-state index in [2.05, 4.69) is 59.9 Å². The van der Waals surface area contributed by atoms with E-state index in [1.54, 1.807) is 0 Å². The third kappa shape index (κ3) is 3.70. The molecule has 0 saturated carbocycles. The molecule has 1 aromatic rings. The van der Waals surface area contributed by atoms with Crippen molar-refractivity contribution in [3.63, 3.8) is 0 Å². The molecule has 0 spiro atoms. The van der Waals surface area contributed by atoms with E-state index in [4.69, 9.17) is 5.73 Å². The van der Waals surface area contributed by atoms with Gasteiger partial charge >= 0.3 is 0 Å². The maximum atomic E-state index is 5.88. The predicted molar refractivity (Wildman–Crippen MR) is 97.9 cm³/mol. The van der Waals surface area contributed by atoms with Crippen LogP contribution in [0.1, 0.15) is 31.9 Å². The summed E-state index contributed by atoms with van der Waals surface area (Å²) in [6.45, 7) is 11.1. The summed E-state index contributed by atoms with van der Waals surface area (Å²) in [4.78, 5) is 7.57. The van der Waals surface area contributed by atoms with Crippen LogP contribution in [0, 0.1) is 5.92 Å². The molecule has 4 heteroatoms. The van der Waals surface area contributed by atoms with Gasteiger partial charge in [0.05, 0.1) is 0 Å². The third-order valence-corrected chi connectivity index (χ3v) is 5.63. The zero-order chi connectivity index (χ0) is 16.4. The standard InChI is InChI=1S/C19H32N4/c1-15(2)22-7-9-23(10-8-22)18-6-4-5-17(12-18)19-11-16(13-20)14-21(19)3/h4-6,12,15-16,19H,7-11,13-14,20H2,1-3H3. The van der Waals surface area contributed by atoms with Crippen LogP contribution in [-0.4, -0.2) is 62.2 Å². The maximum Gasteiger partial charge on any atom is 0.0370 e. The molecule has 0 aliphatic carbocycles. The van der Waals surface area contributed by atoms with Gasteiger partial charge in [-0.25, -0.2) is 0 Å². The SMILES string of the molecule is CC(C)N1CCN(c2cccc(C3CC(CN)CN3C)c2)CC1. The molecule has 2 N–H and O–H groups in total. The van der Waals surface area contributed by atoms with E-state index in [1.807, 2.05) is 0 Å². The lowest BCUT2D eigenvalue weighted by atomic mass is 9.99. The predicted octanol–water partition coefficient (Wildman–Crippen LogP) is 2.17. The van der Waals surface area contributed by atoms with Gasteiger partial charge in [-0.1, -0.05) is 12.1 Å². The van der Waals surface area contributed by atoms with Crippen LogP contribution < -0.4 is 10.6 Å². The molecule has 0 bridgehead atoms. The summed E-state index contributed by atoms with van der Waals surface area (Å²) in [5, 5.41) is 0. The molecule has 128 valence electrons. The first-order chi connectivity index (χ1) is 11.1. The van der Waals surface area contributed by atoms with E-state index in [-0.39, 0.29) is 0 Å². The maximum absolute atomic E-state index is 5.88. The number of rotatable bonds is 4. The van der Waals surface area contributed by atoms with E-state index < -0.39 is 0 Å². The lowest BCUT2D eigenvalue weighted by molar-refractivity contribution is 0.209. The fourth-order valence-electron chi connectivity index (χ4n) is 4.09. The van der Waals surface area contributed by atoms with Crippen molar-refractivity contribution in [2.24, 2.45) is 11.7 Å². The topological polar surface area (TPSA) is 35.7 Å². The Morgan fingerprint density at radius 2 is 1.91 bits per heavy atom. The number of likely N-dealkylation sites (tertiary alicyclic amines) is 1. The van der Waals surface area contributed by atoms with Crippen molar-refractivity contribution in [3.05, 3.63) is 29.8 Å². The number of nitrogens with zero attached hydrogens (tertiary/aromatic N) is 3. The van der Waals surface area contributed by atoms with Crippen LogP contribution in [0.2, 0.25) is 0 Å². The number of nitrogens with two attached hydrogens (primary N) is 1. The monoisotopic (exact) mass is 316 g/mol. The molecule has 2 atom stereocenters. The fourth-order valence-corrected chi connectivity index (χ4v) is 4.09. The van der Waals surface area contributed by atoms with Crippen LogP contribution in [-0.2, 0) is 0 Å². The lowest BCUT2D eigenvalue weighted by Crippen LogP contribution is -2.48. The quantitative estimate of drug-likeness (QED) is 0.923. The van der Waals surface area contributed by atoms with Crippen LogP contribution in [0.5, 0.6) is 0 Å². The number of hydrogen-bond donors (Lipinski definition) is 1. The summed E-state index contributed by atoms with van der Waals surface area (Å²) < 4.78 is 0. The van der Waals surface area contributed by atoms with Gasteiger partial charge in [0.25, 0.3) is 0 Å². The Hall–Kier alpha value is -1.10. The van der Waals surface area contributed by atoms with E-state index in [9.17, 15) is 0 Å². The zero-order valence-corrected chi connectivity index (χ0v) is 14.9. The summed E-state index contributed by atoms with van der Waals surface area (Å²) in [5.74, 6) is 0.642. The Kier molecular flexibility index (Phi) is 5.24. The number of piperazine rings is 1. The minimum atomic E-state index is 0.528. The normalized spacial score (nSPS) is 27.1. The van der Waals surface area contributed by atoms with Crippen molar-refractivity contribution < 1.29 is 0 Å². The van der Waals surface area contributed by atoms with E-state index in [0.29, 0.717) is 18.0 Å². The van der Waals surface area contributed by atoms with Crippen molar-refractivity contribution in [2.75, 3.05) is 51.2 Å². The van der Waals surface area contributed by atoms with Crippen molar-refractivity contribution in [2.45, 2.75) is 32.4 Å². The van der Waals surface area contributed by atoms with Gasteiger partial charge in [0.1, 0.15) is 0 Å². The smallest absolute Gasteiger partial charge is 0.0370 e. The summed E-state index contributed by atoms with van der Waals surface area (Å²) in [6, 6.07) is 10.4. The molecule has 23 heavy (non-hydrogen) atoms. The van der Waals surface area contributed by atoms with Crippen LogP contribution in [0.15, 0.2) is 24.3 Å². The largest absolute Gasteiger partial charge is 0.369 e. The minimum absolute atomic E-state index is 0.528. The Morgan fingerprint density at radius 3 is 2.52 bits per heavy atom. The molecular formula is C19H32N4. The first-order valence-corrected chi connectivity index (χ1v) is 9.07. The van der Waals surface area contributed by atoms with Crippen molar-refractivity contribution >= 4 is 5.69 Å². The second-order valence-corrected chi connectivity index (χ2v) is 7.50. The molecule has 4 nitrogen and oxygen atoms in total. The van der Waals surface area contributed by atoms with Gasteiger partial charge in [0, 0.05) is 50.5 Å². The van der Waals surface area contributed by atoms with Gasteiger partial charge < -0.3 is 10.6 Å². The average Bonchev–Trinajstić information content (AvgIpc) is 2.96. The molecule has 2 aliphatic heterocycles. The Labute approximate surface area is 141 Å².